The van der Waals surface area contributed by atoms with E-state index in [2.05, 4.69) is 65.8 Å². The summed E-state index contributed by atoms with van der Waals surface area (Å²) in [6, 6.07) is 9.15. The highest BCUT2D eigenvalue weighted by molar-refractivity contribution is 5.74. The lowest BCUT2D eigenvalue weighted by molar-refractivity contribution is -0.311. The van der Waals surface area contributed by atoms with E-state index in [9.17, 15) is 15.0 Å². The number of aliphatic carboxylic acids is 1. The Kier molecular flexibility index (Phi) is 7.98. The summed E-state index contributed by atoms with van der Waals surface area (Å²) in [5.41, 5.74) is 2.78. The van der Waals surface area contributed by atoms with Crippen LogP contribution in [0.15, 0.2) is 24.3 Å². The molecule has 0 amide bonds. The van der Waals surface area contributed by atoms with Crippen LogP contribution in [-0.4, -0.2) is 41.8 Å². The number of carboxylic acid groups (broad SMARTS) is 1. The average molecular weight is 675 g/mol. The summed E-state index contributed by atoms with van der Waals surface area (Å²) in [7, 11) is 1.77. The van der Waals surface area contributed by atoms with Gasteiger partial charge in [0.15, 0.2) is 5.79 Å². The second-order valence-electron chi connectivity index (χ2n) is 20.2. The van der Waals surface area contributed by atoms with E-state index in [0.717, 1.165) is 64.4 Å². The molecule has 1 saturated heterocycles. The number of hydrogen-bond donors (Lipinski definition) is 2. The van der Waals surface area contributed by atoms with Gasteiger partial charge in [-0.05, 0) is 153 Å². The third-order valence-corrected chi connectivity index (χ3v) is 18.4. The Labute approximate surface area is 296 Å². The normalized spacial score (nSPS) is 52.5. The lowest BCUT2D eigenvalue weighted by Crippen LogP contribution is -2.73. The van der Waals surface area contributed by atoms with Gasteiger partial charge in [-0.3, -0.25) is 4.79 Å². The first-order chi connectivity index (χ1) is 23.1. The van der Waals surface area contributed by atoms with Crippen LogP contribution in [0.4, 0.5) is 0 Å². The molecule has 1 spiro atoms. The Morgan fingerprint density at radius 1 is 0.878 bits per heavy atom. The molecule has 14 atom stereocenters. The smallest absolute Gasteiger partial charge is 0.309 e. The van der Waals surface area contributed by atoms with E-state index in [4.69, 9.17) is 9.47 Å². The molecule has 1 heterocycles. The van der Waals surface area contributed by atoms with Gasteiger partial charge in [0.05, 0.1) is 18.1 Å². The van der Waals surface area contributed by atoms with Gasteiger partial charge >= 0.3 is 5.97 Å². The molecule has 49 heavy (non-hydrogen) atoms. The molecule has 5 nitrogen and oxygen atoms in total. The fraction of sp³-hybridized carbons (Fsp3) is 0.841. The highest BCUT2D eigenvalue weighted by atomic mass is 16.6. The fourth-order valence-corrected chi connectivity index (χ4v) is 16.0. The van der Waals surface area contributed by atoms with Crippen LogP contribution in [0, 0.1) is 68.0 Å². The van der Waals surface area contributed by atoms with Gasteiger partial charge in [-0.15, -0.1) is 0 Å². The molecule has 7 aliphatic rings. The van der Waals surface area contributed by atoms with Crippen molar-refractivity contribution in [2.24, 2.45) is 68.0 Å². The Hall–Kier alpha value is -1.43. The van der Waals surface area contributed by atoms with Crippen molar-refractivity contribution in [3.8, 4) is 0 Å². The highest BCUT2D eigenvalue weighted by Crippen LogP contribution is 2.84. The van der Waals surface area contributed by atoms with E-state index < -0.39 is 17.2 Å². The van der Waals surface area contributed by atoms with E-state index in [1.54, 1.807) is 7.11 Å². The van der Waals surface area contributed by atoms with Crippen molar-refractivity contribution in [1.82, 2.24) is 0 Å². The quantitative estimate of drug-likeness (QED) is 0.287. The molecule has 0 aromatic heterocycles. The summed E-state index contributed by atoms with van der Waals surface area (Å²) in [6.45, 7) is 15.7. The van der Waals surface area contributed by atoms with Gasteiger partial charge in [0, 0.05) is 24.9 Å². The van der Waals surface area contributed by atoms with E-state index in [1.165, 1.54) is 49.7 Å². The molecule has 2 bridgehead atoms. The number of carbonyl (C=O) groups is 1. The van der Waals surface area contributed by atoms with Crippen LogP contribution in [0.3, 0.4) is 0 Å². The third kappa shape index (κ3) is 4.49. The third-order valence-electron chi connectivity index (χ3n) is 18.4. The second-order valence-corrected chi connectivity index (χ2v) is 20.2. The van der Waals surface area contributed by atoms with E-state index >= 15 is 0 Å². The van der Waals surface area contributed by atoms with Crippen molar-refractivity contribution in [2.45, 2.75) is 150 Å². The number of benzene rings is 1. The molecular formula is C44H66O5. The SMILES string of the molecule is CCC[C@H]1[C@]23CC[C@@H]4[C@@]5(C)C(CC[C@@H](C[C@]1(O)O[C@H]2Cc1ccc(CCOC)cc1)[C@@H]53)C[C@@]1(C)[C@@H]2C[C@](C)(C(=O)O)CC[C@@]2(C)CC[C@@]41C. The maximum Gasteiger partial charge on any atom is 0.309 e. The van der Waals surface area contributed by atoms with Gasteiger partial charge in [0.25, 0.3) is 0 Å². The summed E-state index contributed by atoms with van der Waals surface area (Å²) < 4.78 is 12.5. The van der Waals surface area contributed by atoms with Gasteiger partial charge in [0.2, 0.25) is 0 Å². The summed E-state index contributed by atoms with van der Waals surface area (Å²) in [6.07, 6.45) is 16.0. The number of rotatable bonds is 8. The maximum atomic E-state index is 12.7. The molecule has 1 aromatic rings. The summed E-state index contributed by atoms with van der Waals surface area (Å²) in [5, 5.41) is 23.0. The lowest BCUT2D eigenvalue weighted by Gasteiger charge is -2.78. The molecule has 1 unspecified atom stereocenters. The molecule has 5 heteroatoms. The second kappa shape index (κ2) is 11.3. The van der Waals surface area contributed by atoms with Crippen LogP contribution >= 0.6 is 0 Å². The molecule has 0 radical (unpaired) electrons. The molecule has 8 rings (SSSR count). The fourth-order valence-electron chi connectivity index (χ4n) is 16.0. The molecule has 7 fully saturated rings. The van der Waals surface area contributed by atoms with E-state index in [1.807, 2.05) is 0 Å². The van der Waals surface area contributed by atoms with E-state index in [-0.39, 0.29) is 39.1 Å². The lowest BCUT2D eigenvalue weighted by atomic mass is 9.26. The molecule has 6 aliphatic carbocycles. The standard InChI is InChI=1S/C44H66O5/c1-8-9-33-43-18-16-32-40(4)22-21-38(2)19-20-39(3,37(45)46)27-34(38)41(40,5)26-31-15-14-30(36(43)42(31,32)6)25-44(33,47)49-35(43)24-29-12-10-28(11-13-29)17-23-48-7/h10-13,30-36,47H,8-9,14-27H2,1-7H3,(H,45,46)/t30-,31?,32-,33-,34+,35-,36-,38-,39+,40-,41-,42+,43+,44-/m0/s1. The minimum Gasteiger partial charge on any atom is -0.481 e. The van der Waals surface area contributed by atoms with Crippen LogP contribution in [0.5, 0.6) is 0 Å². The minimum absolute atomic E-state index is 0.00762. The van der Waals surface area contributed by atoms with Gasteiger partial charge in [-0.1, -0.05) is 65.3 Å². The molecule has 272 valence electrons. The Morgan fingerprint density at radius 2 is 1.59 bits per heavy atom. The highest BCUT2D eigenvalue weighted by Gasteiger charge is 2.80. The summed E-state index contributed by atoms with van der Waals surface area (Å²) >= 11 is 0. The zero-order valence-corrected chi connectivity index (χ0v) is 31.8. The monoisotopic (exact) mass is 674 g/mol. The van der Waals surface area contributed by atoms with Gasteiger partial charge in [-0.2, -0.15) is 0 Å². The first-order valence-corrected chi connectivity index (χ1v) is 20.3. The van der Waals surface area contributed by atoms with Crippen molar-refractivity contribution in [3.63, 3.8) is 0 Å². The summed E-state index contributed by atoms with van der Waals surface area (Å²) in [5.74, 6) is 1.39. The van der Waals surface area contributed by atoms with Crippen LogP contribution in [0.25, 0.3) is 0 Å². The van der Waals surface area contributed by atoms with Crippen LogP contribution < -0.4 is 0 Å². The number of aliphatic hydroxyl groups is 1. The van der Waals surface area contributed by atoms with Gasteiger partial charge in [0.1, 0.15) is 0 Å². The first kappa shape index (κ1) is 34.6. The number of fused-ring (bicyclic) bond motifs is 5. The van der Waals surface area contributed by atoms with Crippen molar-refractivity contribution in [1.29, 1.82) is 0 Å². The molecule has 6 saturated carbocycles. The minimum atomic E-state index is -1.01. The average Bonchev–Trinajstić information content (AvgIpc) is 3.19. The number of carboxylic acids is 1. The van der Waals surface area contributed by atoms with Crippen molar-refractivity contribution < 1.29 is 24.5 Å². The maximum absolute atomic E-state index is 12.7. The van der Waals surface area contributed by atoms with Crippen LogP contribution in [-0.2, 0) is 27.1 Å². The van der Waals surface area contributed by atoms with E-state index in [0.29, 0.717) is 29.6 Å². The molecule has 1 aromatic carbocycles. The summed E-state index contributed by atoms with van der Waals surface area (Å²) in [4.78, 5) is 12.7. The first-order valence-electron chi connectivity index (χ1n) is 20.3. The Morgan fingerprint density at radius 3 is 2.29 bits per heavy atom. The number of methoxy groups -OCH3 is 1. The van der Waals surface area contributed by atoms with Crippen LogP contribution in [0.2, 0.25) is 0 Å². The largest absolute Gasteiger partial charge is 0.481 e. The predicted octanol–water partition coefficient (Wildman–Crippen LogP) is 9.48. The number of hydrogen-bond acceptors (Lipinski definition) is 4. The van der Waals surface area contributed by atoms with Crippen molar-refractivity contribution in [2.75, 3.05) is 13.7 Å². The zero-order valence-electron chi connectivity index (χ0n) is 31.8. The predicted molar refractivity (Wildman–Crippen MR) is 193 cm³/mol. The molecule has 2 N–H and O–H groups in total. The number of ether oxygens (including phenoxy) is 2. The zero-order chi connectivity index (χ0) is 34.8. The molecule has 1 aliphatic heterocycles. The Balaban J connectivity index is 1.19. The van der Waals surface area contributed by atoms with Gasteiger partial charge in [-0.25, -0.2) is 0 Å². The van der Waals surface area contributed by atoms with Crippen LogP contribution in [0.1, 0.15) is 136 Å². The molecular weight excluding hydrogens is 608 g/mol. The topological polar surface area (TPSA) is 76.0 Å². The van der Waals surface area contributed by atoms with Gasteiger partial charge < -0.3 is 19.7 Å². The van der Waals surface area contributed by atoms with Crippen molar-refractivity contribution >= 4 is 5.97 Å². The van der Waals surface area contributed by atoms with Crippen molar-refractivity contribution in [3.05, 3.63) is 35.4 Å². The Bertz CT molecular complexity index is 1460.